The monoisotopic (exact) mass is 124 g/mol. The molecule has 48 valence electrons. The molecule has 0 radical (unpaired) electrons. The zero-order chi connectivity index (χ0) is 7.11. The normalized spacial score (nSPS) is 11.9. The van der Waals surface area contributed by atoms with Crippen molar-refractivity contribution in [2.75, 3.05) is 0 Å². The topological polar surface area (TPSA) is 34.1 Å². The lowest BCUT2D eigenvalue weighted by atomic mass is 10.3. The van der Waals surface area contributed by atoms with Gasteiger partial charge in [-0.3, -0.25) is 9.59 Å². The van der Waals surface area contributed by atoms with Gasteiger partial charge < -0.3 is 0 Å². The third-order valence-electron chi connectivity index (χ3n) is 0.769. The van der Waals surface area contributed by atoms with Crippen molar-refractivity contribution in [3.63, 3.8) is 0 Å². The van der Waals surface area contributed by atoms with Crippen LogP contribution in [-0.2, 0) is 9.59 Å². The van der Waals surface area contributed by atoms with Crippen LogP contribution >= 0.6 is 0 Å². The van der Waals surface area contributed by atoms with Gasteiger partial charge in [0.25, 0.3) is 0 Å². The van der Waals surface area contributed by atoms with Gasteiger partial charge >= 0.3 is 0 Å². The molecule has 0 aromatic carbocycles. The van der Waals surface area contributed by atoms with Gasteiger partial charge in [-0.2, -0.15) is 0 Å². The summed E-state index contributed by atoms with van der Waals surface area (Å²) in [6, 6.07) is 0. The van der Waals surface area contributed by atoms with Crippen LogP contribution in [0.15, 0.2) is 23.8 Å². The molecule has 0 saturated heterocycles. The first kappa shape index (κ1) is 7.82. The van der Waals surface area contributed by atoms with E-state index in [2.05, 4.69) is 0 Å². The average molecular weight is 124 g/mol. The lowest BCUT2D eigenvalue weighted by molar-refractivity contribution is -0.104. The van der Waals surface area contributed by atoms with E-state index in [4.69, 9.17) is 0 Å². The minimum Gasteiger partial charge on any atom is -0.299 e. The van der Waals surface area contributed by atoms with Crippen molar-refractivity contribution in [2.45, 2.75) is 6.92 Å². The van der Waals surface area contributed by atoms with E-state index in [1.807, 2.05) is 0 Å². The van der Waals surface area contributed by atoms with Gasteiger partial charge in [-0.25, -0.2) is 0 Å². The summed E-state index contributed by atoms with van der Waals surface area (Å²) in [5.74, 6) is 0. The molecule has 0 rings (SSSR count). The molecule has 0 spiro atoms. The third-order valence-corrected chi connectivity index (χ3v) is 0.769. The molecule has 9 heavy (non-hydrogen) atoms. The molecule has 0 atom stereocenters. The highest BCUT2D eigenvalue weighted by Crippen LogP contribution is 1.90. The Morgan fingerprint density at radius 2 is 1.89 bits per heavy atom. The highest BCUT2D eigenvalue weighted by Gasteiger charge is 1.75. The predicted octanol–water partition coefficient (Wildman–Crippen LogP) is 0.887. The molecular formula is C7H8O2. The van der Waals surface area contributed by atoms with Gasteiger partial charge in [0.1, 0.15) is 12.6 Å². The van der Waals surface area contributed by atoms with Crippen LogP contribution in [-0.4, -0.2) is 12.6 Å². The fourth-order valence-corrected chi connectivity index (χ4v) is 0.354. The quantitative estimate of drug-likeness (QED) is 0.318. The number of allylic oxidation sites excluding steroid dienone is 4. The molecular weight excluding hydrogens is 116 g/mol. The average Bonchev–Trinajstić information content (AvgIpc) is 1.85. The summed E-state index contributed by atoms with van der Waals surface area (Å²) in [5, 5.41) is 0. The van der Waals surface area contributed by atoms with E-state index in [1.165, 1.54) is 12.2 Å². The molecule has 0 heterocycles. The zero-order valence-corrected chi connectivity index (χ0v) is 5.20. The van der Waals surface area contributed by atoms with Gasteiger partial charge in [0.05, 0.1) is 0 Å². The first-order valence-corrected chi connectivity index (χ1v) is 2.55. The maximum absolute atomic E-state index is 9.78. The van der Waals surface area contributed by atoms with Gasteiger partial charge in [0, 0.05) is 0 Å². The number of hydrogen-bond donors (Lipinski definition) is 0. The second-order valence-electron chi connectivity index (χ2n) is 1.54. The fraction of sp³-hybridized carbons (Fsp3) is 0.143. The van der Waals surface area contributed by atoms with Crippen LogP contribution in [0, 0.1) is 0 Å². The van der Waals surface area contributed by atoms with Crippen molar-refractivity contribution in [3.8, 4) is 0 Å². The molecule has 0 amide bonds. The SMILES string of the molecule is CC(C=CC=O)=CC=O. The highest BCUT2D eigenvalue weighted by molar-refractivity contribution is 5.69. The molecule has 0 aliphatic carbocycles. The summed E-state index contributed by atoms with van der Waals surface area (Å²) >= 11 is 0. The Morgan fingerprint density at radius 3 is 2.33 bits per heavy atom. The molecule has 0 fully saturated rings. The lowest BCUT2D eigenvalue weighted by Gasteiger charge is -1.80. The Labute approximate surface area is 53.9 Å². The zero-order valence-electron chi connectivity index (χ0n) is 5.20. The molecule has 2 nitrogen and oxygen atoms in total. The molecule has 0 aromatic rings. The number of carbonyl (C=O) groups excluding carboxylic acids is 2. The van der Waals surface area contributed by atoms with Crippen LogP contribution < -0.4 is 0 Å². The lowest BCUT2D eigenvalue weighted by Crippen LogP contribution is -1.69. The number of aldehydes is 2. The van der Waals surface area contributed by atoms with Crippen molar-refractivity contribution in [1.29, 1.82) is 0 Å². The number of rotatable bonds is 3. The number of hydrogen-bond acceptors (Lipinski definition) is 2. The Balaban J connectivity index is 3.88. The standard InChI is InChI=1S/C7H8O2/c1-7(4-6-9)3-2-5-8/h2-6H,1H3. The van der Waals surface area contributed by atoms with Crippen LogP contribution in [0.25, 0.3) is 0 Å². The molecule has 0 bridgehead atoms. The Bertz CT molecular complexity index is 154. The fourth-order valence-electron chi connectivity index (χ4n) is 0.354. The van der Waals surface area contributed by atoms with Gasteiger partial charge in [-0.15, -0.1) is 0 Å². The Morgan fingerprint density at radius 1 is 1.22 bits per heavy atom. The Hall–Kier alpha value is -1.18. The van der Waals surface area contributed by atoms with Crippen LogP contribution in [0.3, 0.4) is 0 Å². The molecule has 0 aliphatic heterocycles. The van der Waals surface area contributed by atoms with Gasteiger partial charge in [0.2, 0.25) is 0 Å². The summed E-state index contributed by atoms with van der Waals surface area (Å²) in [5.41, 5.74) is 0.775. The molecule has 0 aromatic heterocycles. The van der Waals surface area contributed by atoms with Crippen molar-refractivity contribution >= 4 is 12.6 Å². The second-order valence-corrected chi connectivity index (χ2v) is 1.54. The van der Waals surface area contributed by atoms with E-state index in [0.29, 0.717) is 12.6 Å². The van der Waals surface area contributed by atoms with E-state index in [9.17, 15) is 9.59 Å². The molecule has 0 saturated carbocycles. The molecule has 0 aliphatic rings. The van der Waals surface area contributed by atoms with Crippen molar-refractivity contribution < 1.29 is 9.59 Å². The minimum absolute atomic E-state index is 0.669. The smallest absolute Gasteiger partial charge is 0.143 e. The van der Waals surface area contributed by atoms with Crippen LogP contribution in [0.2, 0.25) is 0 Å². The first-order chi connectivity index (χ1) is 4.31. The van der Waals surface area contributed by atoms with Gasteiger partial charge in [-0.05, 0) is 24.6 Å². The third kappa shape index (κ3) is 4.68. The highest BCUT2D eigenvalue weighted by atomic mass is 16.1. The van der Waals surface area contributed by atoms with E-state index in [-0.39, 0.29) is 0 Å². The molecule has 0 unspecified atom stereocenters. The van der Waals surface area contributed by atoms with Crippen molar-refractivity contribution in [2.24, 2.45) is 0 Å². The minimum atomic E-state index is 0.669. The largest absolute Gasteiger partial charge is 0.299 e. The summed E-state index contributed by atoms with van der Waals surface area (Å²) in [6.45, 7) is 1.74. The number of carbonyl (C=O) groups is 2. The predicted molar refractivity (Wildman–Crippen MR) is 35.0 cm³/mol. The summed E-state index contributed by atoms with van der Waals surface area (Å²) < 4.78 is 0. The van der Waals surface area contributed by atoms with Gasteiger partial charge in [0.15, 0.2) is 0 Å². The van der Waals surface area contributed by atoms with Crippen molar-refractivity contribution in [1.82, 2.24) is 0 Å². The first-order valence-electron chi connectivity index (χ1n) is 2.55. The second kappa shape index (κ2) is 4.97. The Kier molecular flexibility index (Phi) is 4.32. The molecule has 0 N–H and O–H groups in total. The summed E-state index contributed by atoms with van der Waals surface area (Å²) in [7, 11) is 0. The van der Waals surface area contributed by atoms with Crippen LogP contribution in [0.1, 0.15) is 6.92 Å². The van der Waals surface area contributed by atoms with E-state index >= 15 is 0 Å². The maximum Gasteiger partial charge on any atom is 0.143 e. The van der Waals surface area contributed by atoms with Crippen LogP contribution in [0.4, 0.5) is 0 Å². The van der Waals surface area contributed by atoms with E-state index in [0.717, 1.165) is 5.57 Å². The summed E-state index contributed by atoms with van der Waals surface area (Å²) in [6.07, 6.45) is 5.66. The maximum atomic E-state index is 9.78. The van der Waals surface area contributed by atoms with Gasteiger partial charge in [-0.1, -0.05) is 6.08 Å². The van der Waals surface area contributed by atoms with Crippen LogP contribution in [0.5, 0.6) is 0 Å². The van der Waals surface area contributed by atoms with E-state index in [1.54, 1.807) is 13.0 Å². The van der Waals surface area contributed by atoms with E-state index < -0.39 is 0 Å². The van der Waals surface area contributed by atoms with Crippen molar-refractivity contribution in [3.05, 3.63) is 23.8 Å². The molecule has 2 heteroatoms. The summed E-state index contributed by atoms with van der Waals surface area (Å²) in [4.78, 5) is 19.5.